The van der Waals surface area contributed by atoms with E-state index in [0.29, 0.717) is 17.0 Å². The topological polar surface area (TPSA) is 89.1 Å². The molecule has 2 aromatic heterocycles. The van der Waals surface area contributed by atoms with Gasteiger partial charge in [-0.1, -0.05) is 4.49 Å². The lowest BCUT2D eigenvalue weighted by atomic mass is 10.2. The number of fused-ring (bicyclic) bond motifs is 1. The first-order valence-corrected chi connectivity index (χ1v) is 6.15. The van der Waals surface area contributed by atoms with Gasteiger partial charge in [-0.3, -0.25) is 0 Å². The van der Waals surface area contributed by atoms with Gasteiger partial charge in [0.25, 0.3) is 0 Å². The van der Waals surface area contributed by atoms with Crippen molar-refractivity contribution in [1.29, 1.82) is 0 Å². The Balaban J connectivity index is 1.95. The number of aromatic nitrogens is 3. The average molecular weight is 273 g/mol. The van der Waals surface area contributed by atoms with Crippen molar-refractivity contribution >= 4 is 40.8 Å². The molecular formula is C12H7N3O3S. The molecule has 0 saturated carbocycles. The van der Waals surface area contributed by atoms with Crippen molar-refractivity contribution in [3.8, 4) is 0 Å². The van der Waals surface area contributed by atoms with Crippen LogP contribution in [0, 0.1) is 0 Å². The van der Waals surface area contributed by atoms with Crippen LogP contribution in [0.1, 0.15) is 21.9 Å². The molecule has 0 unspecified atom stereocenters. The number of rotatable bonds is 3. The second-order valence-electron chi connectivity index (χ2n) is 3.70. The van der Waals surface area contributed by atoms with E-state index < -0.39 is 5.97 Å². The quantitative estimate of drug-likeness (QED) is 0.788. The first-order chi connectivity index (χ1) is 9.22. The number of carboxylic acid groups (broad SMARTS) is 1. The Bertz CT molecular complexity index is 762. The summed E-state index contributed by atoms with van der Waals surface area (Å²) in [6.07, 6.45) is 3.39. The molecule has 0 saturated heterocycles. The Labute approximate surface area is 111 Å². The summed E-state index contributed by atoms with van der Waals surface area (Å²) in [6, 6.07) is 4.56. The van der Waals surface area contributed by atoms with Gasteiger partial charge in [-0.05, 0) is 35.8 Å². The second kappa shape index (κ2) is 4.62. The van der Waals surface area contributed by atoms with E-state index in [1.807, 2.05) is 0 Å². The van der Waals surface area contributed by atoms with Crippen LogP contribution in [0.2, 0.25) is 0 Å². The van der Waals surface area contributed by atoms with E-state index in [1.54, 1.807) is 23.6 Å². The largest absolute Gasteiger partial charge is 0.478 e. The van der Waals surface area contributed by atoms with Gasteiger partial charge in [-0.15, -0.1) is 5.10 Å². The summed E-state index contributed by atoms with van der Waals surface area (Å²) in [5.74, 6) is -0.602. The third-order valence-electron chi connectivity index (χ3n) is 2.43. The Kier molecular flexibility index (Phi) is 2.81. The summed E-state index contributed by atoms with van der Waals surface area (Å²) in [4.78, 5) is 15.1. The molecule has 2 heterocycles. The molecule has 0 radical (unpaired) electrons. The molecule has 94 valence electrons. The SMILES string of the molecule is O=C(O)c1ccc2nc(C=Cc3csnn3)oc2c1. The van der Waals surface area contributed by atoms with E-state index in [-0.39, 0.29) is 5.56 Å². The van der Waals surface area contributed by atoms with Crippen LogP contribution in [0.15, 0.2) is 28.0 Å². The highest BCUT2D eigenvalue weighted by molar-refractivity contribution is 7.03. The highest BCUT2D eigenvalue weighted by Crippen LogP contribution is 2.18. The standard InChI is InChI=1S/C12H7N3O3S/c16-12(17)7-1-3-9-10(5-7)18-11(13-9)4-2-8-6-19-15-14-8/h1-6H,(H,16,17). The highest BCUT2D eigenvalue weighted by Gasteiger charge is 2.08. The van der Waals surface area contributed by atoms with E-state index in [9.17, 15) is 4.79 Å². The summed E-state index contributed by atoms with van der Waals surface area (Å²) >= 11 is 1.26. The Morgan fingerprint density at radius 2 is 2.26 bits per heavy atom. The van der Waals surface area contributed by atoms with Crippen molar-refractivity contribution in [3.05, 3.63) is 40.7 Å². The molecule has 0 bridgehead atoms. The molecule has 0 fully saturated rings. The predicted molar refractivity (Wildman–Crippen MR) is 69.8 cm³/mol. The van der Waals surface area contributed by atoms with Gasteiger partial charge in [0.05, 0.1) is 11.3 Å². The summed E-state index contributed by atoms with van der Waals surface area (Å²) in [6.45, 7) is 0. The van der Waals surface area contributed by atoms with Gasteiger partial charge in [-0.25, -0.2) is 9.78 Å². The van der Waals surface area contributed by atoms with Crippen LogP contribution in [-0.2, 0) is 0 Å². The van der Waals surface area contributed by atoms with Gasteiger partial charge in [0.15, 0.2) is 5.58 Å². The van der Waals surface area contributed by atoms with Crippen molar-refractivity contribution in [3.63, 3.8) is 0 Å². The van der Waals surface area contributed by atoms with E-state index >= 15 is 0 Å². The maximum absolute atomic E-state index is 10.8. The zero-order chi connectivity index (χ0) is 13.2. The molecule has 0 amide bonds. The Morgan fingerprint density at radius 3 is 3.00 bits per heavy atom. The van der Waals surface area contributed by atoms with Crippen LogP contribution >= 0.6 is 11.5 Å². The van der Waals surface area contributed by atoms with Crippen molar-refractivity contribution < 1.29 is 14.3 Å². The number of carbonyl (C=O) groups is 1. The van der Waals surface area contributed by atoms with E-state index in [1.165, 1.54) is 23.7 Å². The first-order valence-electron chi connectivity index (χ1n) is 5.31. The van der Waals surface area contributed by atoms with Crippen molar-refractivity contribution in [1.82, 2.24) is 14.6 Å². The van der Waals surface area contributed by atoms with E-state index in [0.717, 1.165) is 5.69 Å². The van der Waals surface area contributed by atoms with Crippen LogP contribution in [0.4, 0.5) is 0 Å². The average Bonchev–Trinajstić information content (AvgIpc) is 3.04. The molecule has 1 N–H and O–H groups in total. The molecule has 19 heavy (non-hydrogen) atoms. The molecule has 0 spiro atoms. The van der Waals surface area contributed by atoms with Gasteiger partial charge in [-0.2, -0.15) is 0 Å². The maximum Gasteiger partial charge on any atom is 0.335 e. The molecule has 1 aromatic carbocycles. The predicted octanol–water partition coefficient (Wildman–Crippen LogP) is 2.55. The molecule has 3 aromatic rings. The number of aromatic carboxylic acids is 1. The lowest BCUT2D eigenvalue weighted by molar-refractivity contribution is 0.0697. The number of benzene rings is 1. The second-order valence-corrected chi connectivity index (χ2v) is 4.31. The van der Waals surface area contributed by atoms with Crippen molar-refractivity contribution in [2.45, 2.75) is 0 Å². The van der Waals surface area contributed by atoms with Crippen LogP contribution in [0.5, 0.6) is 0 Å². The zero-order valence-electron chi connectivity index (χ0n) is 9.48. The fourth-order valence-corrected chi connectivity index (χ4v) is 1.97. The Morgan fingerprint density at radius 1 is 1.37 bits per heavy atom. The molecule has 3 rings (SSSR count). The van der Waals surface area contributed by atoms with Crippen LogP contribution in [-0.4, -0.2) is 25.6 Å². The number of hydrogen-bond acceptors (Lipinski definition) is 6. The fraction of sp³-hybridized carbons (Fsp3) is 0. The summed E-state index contributed by atoms with van der Waals surface area (Å²) in [5, 5.41) is 14.5. The monoisotopic (exact) mass is 273 g/mol. The fourth-order valence-electron chi connectivity index (χ4n) is 1.55. The van der Waals surface area contributed by atoms with Crippen LogP contribution in [0.3, 0.4) is 0 Å². The summed E-state index contributed by atoms with van der Waals surface area (Å²) in [5.41, 5.74) is 1.94. The maximum atomic E-state index is 10.8. The molecule has 0 aliphatic rings. The van der Waals surface area contributed by atoms with Crippen molar-refractivity contribution in [2.75, 3.05) is 0 Å². The summed E-state index contributed by atoms with van der Waals surface area (Å²) < 4.78 is 9.18. The molecule has 6 nitrogen and oxygen atoms in total. The molecule has 0 aliphatic heterocycles. The number of oxazole rings is 1. The van der Waals surface area contributed by atoms with Gasteiger partial charge in [0, 0.05) is 11.5 Å². The third-order valence-corrected chi connectivity index (χ3v) is 2.95. The van der Waals surface area contributed by atoms with E-state index in [2.05, 4.69) is 14.6 Å². The minimum atomic E-state index is -0.996. The molecule has 7 heteroatoms. The third kappa shape index (κ3) is 2.36. The highest BCUT2D eigenvalue weighted by atomic mass is 32.1. The minimum absolute atomic E-state index is 0.169. The number of nitrogens with zero attached hydrogens (tertiary/aromatic N) is 3. The van der Waals surface area contributed by atoms with Gasteiger partial charge >= 0.3 is 5.97 Å². The first kappa shape index (κ1) is 11.5. The summed E-state index contributed by atoms with van der Waals surface area (Å²) in [7, 11) is 0. The molecule has 0 aliphatic carbocycles. The van der Waals surface area contributed by atoms with Gasteiger partial charge in [0.1, 0.15) is 5.52 Å². The lowest BCUT2D eigenvalue weighted by Crippen LogP contribution is -1.94. The Hall–Kier alpha value is -2.54. The molecule has 0 atom stereocenters. The lowest BCUT2D eigenvalue weighted by Gasteiger charge is -1.91. The number of carboxylic acids is 1. The zero-order valence-corrected chi connectivity index (χ0v) is 10.3. The van der Waals surface area contributed by atoms with Crippen LogP contribution in [0.25, 0.3) is 23.3 Å². The van der Waals surface area contributed by atoms with Gasteiger partial charge in [0.2, 0.25) is 5.89 Å². The van der Waals surface area contributed by atoms with Crippen molar-refractivity contribution in [2.24, 2.45) is 0 Å². The van der Waals surface area contributed by atoms with Gasteiger partial charge < -0.3 is 9.52 Å². The van der Waals surface area contributed by atoms with Crippen LogP contribution < -0.4 is 0 Å². The number of hydrogen-bond donors (Lipinski definition) is 1. The normalized spacial score (nSPS) is 11.4. The molecular weight excluding hydrogens is 266 g/mol. The smallest absolute Gasteiger partial charge is 0.335 e. The minimum Gasteiger partial charge on any atom is -0.478 e. The van der Waals surface area contributed by atoms with E-state index in [4.69, 9.17) is 9.52 Å².